The molecule has 152 valence electrons. The predicted octanol–water partition coefficient (Wildman–Crippen LogP) is 6.35. The molecule has 0 saturated heterocycles. The van der Waals surface area contributed by atoms with Crippen LogP contribution in [-0.4, -0.2) is 12.5 Å². The van der Waals surface area contributed by atoms with Crippen molar-refractivity contribution in [1.29, 1.82) is 5.26 Å². The van der Waals surface area contributed by atoms with E-state index in [2.05, 4.69) is 5.32 Å². The first-order valence-electron chi connectivity index (χ1n) is 8.38. The molecule has 0 aromatic heterocycles. The van der Waals surface area contributed by atoms with E-state index in [9.17, 15) is 23.2 Å². The van der Waals surface area contributed by atoms with Crippen LogP contribution >= 0.6 is 23.2 Å². The minimum atomic E-state index is -4.56. The molecule has 1 amide bonds. The van der Waals surface area contributed by atoms with Gasteiger partial charge >= 0.3 is 6.18 Å². The summed E-state index contributed by atoms with van der Waals surface area (Å²) in [6, 6.07) is 8.74. The Bertz CT molecular complexity index is 983. The highest BCUT2D eigenvalue weighted by Gasteiger charge is 2.30. The molecule has 0 atom stereocenters. The summed E-state index contributed by atoms with van der Waals surface area (Å²) in [7, 11) is 0. The van der Waals surface area contributed by atoms with E-state index in [-0.39, 0.29) is 27.1 Å². The molecule has 0 aliphatic carbocycles. The first-order chi connectivity index (χ1) is 13.7. The second-order valence-electron chi connectivity index (χ2n) is 5.86. The Kier molecular flexibility index (Phi) is 7.54. The van der Waals surface area contributed by atoms with E-state index in [0.717, 1.165) is 18.2 Å². The number of amides is 1. The van der Waals surface area contributed by atoms with Gasteiger partial charge in [-0.25, -0.2) is 0 Å². The number of nitrogens with one attached hydrogen (secondary N) is 1. The van der Waals surface area contributed by atoms with Gasteiger partial charge in [0.25, 0.3) is 5.91 Å². The van der Waals surface area contributed by atoms with E-state index >= 15 is 0 Å². The smallest absolute Gasteiger partial charge is 0.416 e. The molecule has 2 aromatic rings. The number of carbonyl (C=O) groups is 1. The van der Waals surface area contributed by atoms with Crippen molar-refractivity contribution in [3.63, 3.8) is 0 Å². The highest BCUT2D eigenvalue weighted by molar-refractivity contribution is 6.36. The van der Waals surface area contributed by atoms with Gasteiger partial charge in [0, 0.05) is 16.3 Å². The van der Waals surface area contributed by atoms with Crippen molar-refractivity contribution in [1.82, 2.24) is 0 Å². The average molecular weight is 443 g/mol. The number of carbonyl (C=O) groups excluding carboxylic acids is 1. The zero-order chi connectivity index (χ0) is 21.6. The van der Waals surface area contributed by atoms with Crippen molar-refractivity contribution in [2.45, 2.75) is 19.5 Å². The molecule has 4 nitrogen and oxygen atoms in total. The summed E-state index contributed by atoms with van der Waals surface area (Å²) < 4.78 is 44.0. The first-order valence-corrected chi connectivity index (χ1v) is 9.13. The standard InChI is InChI=1S/C20H15Cl2F3N2O2/c1-2-6-29-18-12(8-15(21)10-17(18)22)7-13(11-26)19(28)27-16-5-3-4-14(9-16)20(23,24)25/h3-5,7-10H,2,6H2,1H3,(H,27,28)/b13-7+. The molecule has 2 rings (SSSR count). The van der Waals surface area contributed by atoms with E-state index in [1.807, 2.05) is 6.92 Å². The number of anilines is 1. The van der Waals surface area contributed by atoms with Crippen molar-refractivity contribution < 1.29 is 22.7 Å². The number of alkyl halides is 3. The summed E-state index contributed by atoms with van der Waals surface area (Å²) in [5.74, 6) is -0.637. The number of hydrogen-bond donors (Lipinski definition) is 1. The summed E-state index contributed by atoms with van der Waals surface area (Å²) in [5.41, 5.74) is -1.08. The molecule has 0 aliphatic rings. The Hall–Kier alpha value is -2.69. The van der Waals surface area contributed by atoms with Crippen LogP contribution in [-0.2, 0) is 11.0 Å². The van der Waals surface area contributed by atoms with Gasteiger partial charge in [-0.3, -0.25) is 4.79 Å². The third kappa shape index (κ3) is 6.14. The average Bonchev–Trinajstić information content (AvgIpc) is 2.64. The van der Waals surface area contributed by atoms with Gasteiger partial charge < -0.3 is 10.1 Å². The monoisotopic (exact) mass is 442 g/mol. The lowest BCUT2D eigenvalue weighted by Crippen LogP contribution is -2.14. The van der Waals surface area contributed by atoms with E-state index < -0.39 is 17.6 Å². The number of halogens is 5. The number of rotatable bonds is 6. The Morgan fingerprint density at radius 3 is 2.62 bits per heavy atom. The Labute approximate surface area is 175 Å². The molecule has 29 heavy (non-hydrogen) atoms. The third-order valence-corrected chi connectivity index (χ3v) is 4.10. The van der Waals surface area contributed by atoms with Gasteiger partial charge in [0.15, 0.2) is 0 Å². The fraction of sp³-hybridized carbons (Fsp3) is 0.200. The molecule has 0 saturated carbocycles. The molecular weight excluding hydrogens is 428 g/mol. The number of hydrogen-bond acceptors (Lipinski definition) is 3. The number of nitrogens with zero attached hydrogens (tertiary/aromatic N) is 1. The van der Waals surface area contributed by atoms with Crippen molar-refractivity contribution in [3.8, 4) is 11.8 Å². The molecule has 0 spiro atoms. The van der Waals surface area contributed by atoms with Crippen molar-refractivity contribution in [2.24, 2.45) is 0 Å². The quantitative estimate of drug-likeness (QED) is 0.418. The maximum Gasteiger partial charge on any atom is 0.416 e. The highest BCUT2D eigenvalue weighted by atomic mass is 35.5. The minimum absolute atomic E-state index is 0.0995. The van der Waals surface area contributed by atoms with Crippen LogP contribution in [0, 0.1) is 11.3 Å². The predicted molar refractivity (Wildman–Crippen MR) is 106 cm³/mol. The van der Waals surface area contributed by atoms with Crippen LogP contribution in [0.2, 0.25) is 10.0 Å². The molecule has 1 N–H and O–H groups in total. The SMILES string of the molecule is CCCOc1c(Cl)cc(Cl)cc1/C=C(\C#N)C(=O)Nc1cccc(C(F)(F)F)c1. The first kappa shape index (κ1) is 22.6. The summed E-state index contributed by atoms with van der Waals surface area (Å²) in [6.07, 6.45) is -2.65. The fourth-order valence-electron chi connectivity index (χ4n) is 2.32. The van der Waals surface area contributed by atoms with E-state index in [4.69, 9.17) is 27.9 Å². The van der Waals surface area contributed by atoms with Gasteiger partial charge in [-0.2, -0.15) is 18.4 Å². The molecule has 0 fully saturated rings. The Balaban J connectivity index is 2.35. The second-order valence-corrected chi connectivity index (χ2v) is 6.70. The van der Waals surface area contributed by atoms with Crippen LogP contribution in [0.25, 0.3) is 6.08 Å². The maximum atomic E-state index is 12.8. The van der Waals surface area contributed by atoms with Crippen molar-refractivity contribution in [3.05, 3.63) is 63.1 Å². The lowest BCUT2D eigenvalue weighted by atomic mass is 10.1. The topological polar surface area (TPSA) is 62.1 Å². The van der Waals surface area contributed by atoms with Crippen LogP contribution < -0.4 is 10.1 Å². The van der Waals surface area contributed by atoms with E-state index in [0.29, 0.717) is 18.6 Å². The van der Waals surface area contributed by atoms with Gasteiger partial charge in [-0.1, -0.05) is 36.2 Å². The molecule has 9 heteroatoms. The molecule has 2 aromatic carbocycles. The Morgan fingerprint density at radius 1 is 1.28 bits per heavy atom. The van der Waals surface area contributed by atoms with Crippen LogP contribution in [0.5, 0.6) is 5.75 Å². The largest absolute Gasteiger partial charge is 0.491 e. The van der Waals surface area contributed by atoms with Crippen LogP contribution in [0.4, 0.5) is 18.9 Å². The lowest BCUT2D eigenvalue weighted by Gasteiger charge is -2.12. The fourth-order valence-corrected chi connectivity index (χ4v) is 2.88. The normalized spacial score (nSPS) is 11.7. The lowest BCUT2D eigenvalue weighted by molar-refractivity contribution is -0.137. The number of nitriles is 1. The summed E-state index contributed by atoms with van der Waals surface area (Å²) >= 11 is 12.1. The molecule has 0 radical (unpaired) electrons. The van der Waals surface area contributed by atoms with Gasteiger partial charge in [0.05, 0.1) is 17.2 Å². The third-order valence-electron chi connectivity index (χ3n) is 3.60. The van der Waals surface area contributed by atoms with Crippen molar-refractivity contribution in [2.75, 3.05) is 11.9 Å². The molecule has 0 aliphatic heterocycles. The molecular formula is C20H15Cl2F3N2O2. The molecule has 0 unspecified atom stereocenters. The van der Waals surface area contributed by atoms with Gasteiger partial charge in [0.1, 0.15) is 17.4 Å². The van der Waals surface area contributed by atoms with Gasteiger partial charge in [0.2, 0.25) is 0 Å². The van der Waals surface area contributed by atoms with Gasteiger partial charge in [-0.05, 0) is 42.8 Å². The zero-order valence-corrected chi connectivity index (χ0v) is 16.6. The van der Waals surface area contributed by atoms with Crippen LogP contribution in [0.3, 0.4) is 0 Å². The summed E-state index contributed by atoms with van der Waals surface area (Å²) in [5, 5.41) is 12.1. The van der Waals surface area contributed by atoms with Crippen LogP contribution in [0.15, 0.2) is 42.0 Å². The van der Waals surface area contributed by atoms with Gasteiger partial charge in [-0.15, -0.1) is 0 Å². The molecule has 0 bridgehead atoms. The highest BCUT2D eigenvalue weighted by Crippen LogP contribution is 2.34. The van der Waals surface area contributed by atoms with Crippen molar-refractivity contribution >= 4 is 40.9 Å². The number of ether oxygens (including phenoxy) is 1. The number of benzene rings is 2. The minimum Gasteiger partial charge on any atom is -0.491 e. The second kappa shape index (κ2) is 9.68. The Morgan fingerprint density at radius 2 is 2.00 bits per heavy atom. The van der Waals surface area contributed by atoms with E-state index in [1.165, 1.54) is 24.3 Å². The molecule has 0 heterocycles. The maximum absolute atomic E-state index is 12.8. The van der Waals surface area contributed by atoms with E-state index in [1.54, 1.807) is 6.07 Å². The zero-order valence-electron chi connectivity index (χ0n) is 15.1. The van der Waals surface area contributed by atoms with Crippen LogP contribution in [0.1, 0.15) is 24.5 Å². The summed E-state index contributed by atoms with van der Waals surface area (Å²) in [6.45, 7) is 2.24. The summed E-state index contributed by atoms with van der Waals surface area (Å²) in [4.78, 5) is 12.4.